The lowest BCUT2D eigenvalue weighted by Gasteiger charge is -2.15. The summed E-state index contributed by atoms with van der Waals surface area (Å²) in [5, 5.41) is 3.47. The van der Waals surface area contributed by atoms with Crippen molar-refractivity contribution in [2.24, 2.45) is 0 Å². The number of nitrogens with one attached hydrogen (secondary N) is 1. The van der Waals surface area contributed by atoms with Gasteiger partial charge in [0.25, 0.3) is 0 Å². The molecule has 1 fully saturated rings. The van der Waals surface area contributed by atoms with Crippen molar-refractivity contribution in [1.29, 1.82) is 0 Å². The third kappa shape index (κ3) is 3.47. The SMILES string of the molecule is COc1ccc2c(NC[C@@H]3CCCO3)nc(C(F)(F)F)nc2c1. The molecule has 2 aromatic rings. The molecular formula is C15H16F3N3O2. The van der Waals surface area contributed by atoms with Crippen molar-refractivity contribution in [2.45, 2.75) is 25.1 Å². The maximum absolute atomic E-state index is 13.0. The normalized spacial score (nSPS) is 18.3. The van der Waals surface area contributed by atoms with Crippen LogP contribution in [0, 0.1) is 0 Å². The highest BCUT2D eigenvalue weighted by Crippen LogP contribution is 2.31. The molecule has 124 valence electrons. The van der Waals surface area contributed by atoms with Crippen molar-refractivity contribution in [1.82, 2.24) is 9.97 Å². The number of anilines is 1. The summed E-state index contributed by atoms with van der Waals surface area (Å²) in [6, 6.07) is 4.77. The highest BCUT2D eigenvalue weighted by atomic mass is 19.4. The summed E-state index contributed by atoms with van der Waals surface area (Å²) in [6.45, 7) is 1.09. The molecule has 5 nitrogen and oxygen atoms in total. The van der Waals surface area contributed by atoms with Crippen LogP contribution in [0.2, 0.25) is 0 Å². The second-order valence-corrected chi connectivity index (χ2v) is 5.29. The van der Waals surface area contributed by atoms with Gasteiger partial charge in [-0.05, 0) is 25.0 Å². The quantitative estimate of drug-likeness (QED) is 0.934. The Morgan fingerprint density at radius 2 is 2.17 bits per heavy atom. The van der Waals surface area contributed by atoms with Crippen LogP contribution in [-0.2, 0) is 10.9 Å². The number of methoxy groups -OCH3 is 1. The topological polar surface area (TPSA) is 56.3 Å². The molecule has 1 saturated heterocycles. The van der Waals surface area contributed by atoms with Gasteiger partial charge in [-0.1, -0.05) is 0 Å². The molecule has 1 N–H and O–H groups in total. The van der Waals surface area contributed by atoms with Crippen molar-refractivity contribution in [2.75, 3.05) is 25.6 Å². The standard InChI is InChI=1S/C15H16F3N3O2/c1-22-9-4-5-11-12(7-9)20-14(15(16,17)18)21-13(11)19-8-10-3-2-6-23-10/h4-5,7,10H,2-3,6,8H2,1H3,(H,19,20,21)/t10-/m0/s1. The molecule has 0 amide bonds. The van der Waals surface area contributed by atoms with Crippen LogP contribution < -0.4 is 10.1 Å². The van der Waals surface area contributed by atoms with E-state index in [1.54, 1.807) is 12.1 Å². The fourth-order valence-corrected chi connectivity index (χ4v) is 2.51. The van der Waals surface area contributed by atoms with Gasteiger partial charge in [-0.15, -0.1) is 0 Å². The summed E-state index contributed by atoms with van der Waals surface area (Å²) in [6.07, 6.45) is -2.78. The largest absolute Gasteiger partial charge is 0.497 e. The van der Waals surface area contributed by atoms with Gasteiger partial charge in [-0.3, -0.25) is 0 Å². The van der Waals surface area contributed by atoms with Crippen LogP contribution in [0.3, 0.4) is 0 Å². The minimum absolute atomic E-state index is 0.00685. The first kappa shape index (κ1) is 15.8. The highest BCUT2D eigenvalue weighted by Gasteiger charge is 2.35. The van der Waals surface area contributed by atoms with Gasteiger partial charge in [0, 0.05) is 24.6 Å². The predicted molar refractivity (Wildman–Crippen MR) is 78.6 cm³/mol. The van der Waals surface area contributed by atoms with E-state index in [0.29, 0.717) is 24.3 Å². The lowest BCUT2D eigenvalue weighted by Crippen LogP contribution is -2.20. The van der Waals surface area contributed by atoms with E-state index in [9.17, 15) is 13.2 Å². The zero-order valence-corrected chi connectivity index (χ0v) is 12.5. The Hall–Kier alpha value is -2.09. The average Bonchev–Trinajstić information content (AvgIpc) is 3.04. The molecule has 0 bridgehead atoms. The minimum atomic E-state index is -4.61. The first-order valence-electron chi connectivity index (χ1n) is 7.26. The van der Waals surface area contributed by atoms with Crippen LogP contribution >= 0.6 is 0 Å². The summed E-state index contributed by atoms with van der Waals surface area (Å²) in [4.78, 5) is 7.25. The number of ether oxygens (including phenoxy) is 2. The van der Waals surface area contributed by atoms with Crippen molar-refractivity contribution in [3.63, 3.8) is 0 Å². The van der Waals surface area contributed by atoms with Crippen LogP contribution in [0.15, 0.2) is 18.2 Å². The Morgan fingerprint density at radius 3 is 2.83 bits per heavy atom. The number of aromatic nitrogens is 2. The molecule has 23 heavy (non-hydrogen) atoms. The summed E-state index contributed by atoms with van der Waals surface area (Å²) in [5.41, 5.74) is 0.182. The van der Waals surface area contributed by atoms with Gasteiger partial charge >= 0.3 is 6.18 Å². The van der Waals surface area contributed by atoms with E-state index in [2.05, 4.69) is 15.3 Å². The van der Waals surface area contributed by atoms with Crippen molar-refractivity contribution in [3.8, 4) is 5.75 Å². The maximum Gasteiger partial charge on any atom is 0.451 e. The van der Waals surface area contributed by atoms with Gasteiger partial charge in [0.2, 0.25) is 5.82 Å². The second kappa shape index (κ2) is 6.19. The van der Waals surface area contributed by atoms with Gasteiger partial charge in [-0.2, -0.15) is 13.2 Å². The van der Waals surface area contributed by atoms with Crippen LogP contribution in [-0.4, -0.2) is 36.3 Å². The number of alkyl halides is 3. The molecular weight excluding hydrogens is 311 g/mol. The molecule has 0 spiro atoms. The Kier molecular flexibility index (Phi) is 4.25. The molecule has 1 aliphatic rings. The number of rotatable bonds is 4. The van der Waals surface area contributed by atoms with Gasteiger partial charge in [0.05, 0.1) is 18.7 Å². The third-order valence-corrected chi connectivity index (χ3v) is 3.68. The van der Waals surface area contributed by atoms with E-state index in [1.807, 2.05) is 0 Å². The van der Waals surface area contributed by atoms with Crippen LogP contribution in [0.5, 0.6) is 5.75 Å². The third-order valence-electron chi connectivity index (χ3n) is 3.68. The molecule has 3 rings (SSSR count). The number of benzene rings is 1. The molecule has 1 aromatic heterocycles. The Morgan fingerprint density at radius 1 is 1.35 bits per heavy atom. The fraction of sp³-hybridized carbons (Fsp3) is 0.467. The molecule has 8 heteroatoms. The Labute approximate surface area is 130 Å². The molecule has 0 unspecified atom stereocenters. The highest BCUT2D eigenvalue weighted by molar-refractivity contribution is 5.90. The van der Waals surface area contributed by atoms with Gasteiger partial charge < -0.3 is 14.8 Å². The van der Waals surface area contributed by atoms with E-state index in [1.165, 1.54) is 13.2 Å². The van der Waals surface area contributed by atoms with E-state index in [0.717, 1.165) is 12.8 Å². The Bertz CT molecular complexity index is 700. The monoisotopic (exact) mass is 327 g/mol. The van der Waals surface area contributed by atoms with Gasteiger partial charge in [-0.25, -0.2) is 9.97 Å². The summed E-state index contributed by atoms with van der Waals surface area (Å²) in [7, 11) is 1.45. The minimum Gasteiger partial charge on any atom is -0.497 e. The summed E-state index contributed by atoms with van der Waals surface area (Å²) >= 11 is 0. The van der Waals surface area contributed by atoms with Crippen LogP contribution in [0.1, 0.15) is 18.7 Å². The van der Waals surface area contributed by atoms with Crippen molar-refractivity contribution < 1.29 is 22.6 Å². The number of hydrogen-bond donors (Lipinski definition) is 1. The number of halogens is 3. The smallest absolute Gasteiger partial charge is 0.451 e. The van der Waals surface area contributed by atoms with Crippen LogP contribution in [0.4, 0.5) is 19.0 Å². The molecule has 1 aromatic carbocycles. The lowest BCUT2D eigenvalue weighted by atomic mass is 10.2. The maximum atomic E-state index is 13.0. The van der Waals surface area contributed by atoms with Gasteiger partial charge in [0.1, 0.15) is 11.6 Å². The zero-order valence-electron chi connectivity index (χ0n) is 12.5. The number of fused-ring (bicyclic) bond motifs is 1. The molecule has 1 atom stereocenters. The van der Waals surface area contributed by atoms with Crippen LogP contribution in [0.25, 0.3) is 10.9 Å². The summed E-state index contributed by atoms with van der Waals surface area (Å²) < 4.78 is 49.6. The molecule has 1 aliphatic heterocycles. The number of hydrogen-bond acceptors (Lipinski definition) is 5. The molecule has 0 radical (unpaired) electrons. The molecule has 0 aliphatic carbocycles. The van der Waals surface area contributed by atoms with Crippen molar-refractivity contribution in [3.05, 3.63) is 24.0 Å². The average molecular weight is 327 g/mol. The van der Waals surface area contributed by atoms with E-state index in [-0.39, 0.29) is 17.4 Å². The first-order valence-corrected chi connectivity index (χ1v) is 7.26. The Balaban J connectivity index is 1.98. The van der Waals surface area contributed by atoms with E-state index in [4.69, 9.17) is 9.47 Å². The summed E-state index contributed by atoms with van der Waals surface area (Å²) in [5.74, 6) is -0.581. The number of nitrogens with zero attached hydrogens (tertiary/aromatic N) is 2. The predicted octanol–water partition coefficient (Wildman–Crippen LogP) is 3.25. The van der Waals surface area contributed by atoms with E-state index < -0.39 is 12.0 Å². The fourth-order valence-electron chi connectivity index (χ4n) is 2.51. The van der Waals surface area contributed by atoms with Gasteiger partial charge in [0.15, 0.2) is 0 Å². The molecule has 0 saturated carbocycles. The lowest BCUT2D eigenvalue weighted by molar-refractivity contribution is -0.144. The second-order valence-electron chi connectivity index (χ2n) is 5.29. The first-order chi connectivity index (χ1) is 11.0. The zero-order chi connectivity index (χ0) is 16.4. The molecule has 2 heterocycles. The van der Waals surface area contributed by atoms with E-state index >= 15 is 0 Å². The van der Waals surface area contributed by atoms with Crippen molar-refractivity contribution >= 4 is 16.7 Å².